The molecule has 2 aromatic rings. The number of benzene rings is 2. The van der Waals surface area contributed by atoms with Gasteiger partial charge < -0.3 is 15.0 Å². The highest BCUT2D eigenvalue weighted by atomic mass is 19.1. The fourth-order valence-electron chi connectivity index (χ4n) is 1.98. The number of amides is 2. The molecule has 0 aliphatic rings. The van der Waals surface area contributed by atoms with Gasteiger partial charge in [-0.15, -0.1) is 0 Å². The van der Waals surface area contributed by atoms with E-state index in [2.05, 4.69) is 5.32 Å². The minimum Gasteiger partial charge on any atom is -0.454 e. The van der Waals surface area contributed by atoms with E-state index in [1.165, 1.54) is 23.1 Å². The van der Waals surface area contributed by atoms with Crippen LogP contribution in [0.25, 0.3) is 0 Å². The highest BCUT2D eigenvalue weighted by Crippen LogP contribution is 2.11. The number of halogens is 1. The Morgan fingerprint density at radius 2 is 1.68 bits per heavy atom. The van der Waals surface area contributed by atoms with Gasteiger partial charge in [0.15, 0.2) is 6.61 Å². The summed E-state index contributed by atoms with van der Waals surface area (Å²) >= 11 is 0. The maximum absolute atomic E-state index is 13.4. The maximum Gasteiger partial charge on any atom is 0.325 e. The molecule has 0 heterocycles. The first-order valence-corrected chi connectivity index (χ1v) is 7.49. The van der Waals surface area contributed by atoms with Crippen LogP contribution >= 0.6 is 0 Å². The zero-order chi connectivity index (χ0) is 18.2. The Morgan fingerprint density at radius 1 is 1.04 bits per heavy atom. The van der Waals surface area contributed by atoms with Crippen LogP contribution in [0.4, 0.5) is 10.1 Å². The summed E-state index contributed by atoms with van der Waals surface area (Å²) in [5, 5.41) is 2.25. The molecule has 6 nitrogen and oxygen atoms in total. The zero-order valence-electron chi connectivity index (χ0n) is 13.6. The molecule has 0 radical (unpaired) electrons. The first-order valence-electron chi connectivity index (χ1n) is 7.49. The number of hydrogen-bond donors (Lipinski definition) is 1. The van der Waals surface area contributed by atoms with Crippen molar-refractivity contribution in [2.75, 3.05) is 25.1 Å². The number of likely N-dealkylation sites (N-methyl/N-ethyl adjacent to an activating group) is 1. The van der Waals surface area contributed by atoms with Crippen LogP contribution in [0.2, 0.25) is 0 Å². The maximum atomic E-state index is 13.4. The quantitative estimate of drug-likeness (QED) is 0.810. The highest BCUT2D eigenvalue weighted by Gasteiger charge is 2.15. The number of ether oxygens (including phenoxy) is 1. The lowest BCUT2D eigenvalue weighted by atomic mass is 10.2. The lowest BCUT2D eigenvalue weighted by molar-refractivity contribution is -0.146. The van der Waals surface area contributed by atoms with Gasteiger partial charge in [-0.25, -0.2) is 4.39 Å². The summed E-state index contributed by atoms with van der Waals surface area (Å²) in [4.78, 5) is 36.7. The number of para-hydroxylation sites is 1. The van der Waals surface area contributed by atoms with Crippen LogP contribution in [-0.2, 0) is 14.3 Å². The van der Waals surface area contributed by atoms with E-state index >= 15 is 0 Å². The molecule has 0 saturated heterocycles. The molecule has 0 atom stereocenters. The second-order valence-corrected chi connectivity index (χ2v) is 5.11. The first kappa shape index (κ1) is 18.1. The Bertz CT molecular complexity index is 765. The largest absolute Gasteiger partial charge is 0.454 e. The monoisotopic (exact) mass is 344 g/mol. The number of carbonyl (C=O) groups excluding carboxylic acids is 3. The van der Waals surface area contributed by atoms with Gasteiger partial charge in [-0.1, -0.05) is 30.3 Å². The summed E-state index contributed by atoms with van der Waals surface area (Å²) in [5.41, 5.74) is 0.492. The lowest BCUT2D eigenvalue weighted by Crippen LogP contribution is -2.35. The number of anilines is 1. The minimum absolute atomic E-state index is 0.171. The summed E-state index contributed by atoms with van der Waals surface area (Å²) in [6, 6.07) is 14.3. The van der Waals surface area contributed by atoms with Crippen molar-refractivity contribution in [2.45, 2.75) is 0 Å². The zero-order valence-corrected chi connectivity index (χ0v) is 13.6. The average Bonchev–Trinajstić information content (AvgIpc) is 2.64. The molecule has 0 aliphatic carbocycles. The smallest absolute Gasteiger partial charge is 0.325 e. The molecular formula is C18H17FN2O4. The van der Waals surface area contributed by atoms with Crippen molar-refractivity contribution in [2.24, 2.45) is 0 Å². The number of nitrogens with zero attached hydrogens (tertiary/aromatic N) is 1. The highest BCUT2D eigenvalue weighted by molar-refractivity contribution is 5.97. The molecule has 7 heteroatoms. The molecule has 0 fully saturated rings. The van der Waals surface area contributed by atoms with Gasteiger partial charge in [0.2, 0.25) is 0 Å². The molecule has 0 aromatic heterocycles. The van der Waals surface area contributed by atoms with Gasteiger partial charge in [0.05, 0.1) is 5.56 Å². The molecule has 1 N–H and O–H groups in total. The van der Waals surface area contributed by atoms with Gasteiger partial charge in [-0.3, -0.25) is 14.4 Å². The van der Waals surface area contributed by atoms with E-state index in [4.69, 9.17) is 4.74 Å². The summed E-state index contributed by atoms with van der Waals surface area (Å²) < 4.78 is 18.3. The minimum atomic E-state index is -0.792. The number of rotatable bonds is 6. The fourth-order valence-corrected chi connectivity index (χ4v) is 1.98. The number of nitrogens with one attached hydrogen (secondary N) is 1. The van der Waals surface area contributed by atoms with Crippen LogP contribution in [0, 0.1) is 5.82 Å². The van der Waals surface area contributed by atoms with Crippen molar-refractivity contribution < 1.29 is 23.5 Å². The van der Waals surface area contributed by atoms with Crippen molar-refractivity contribution in [3.63, 3.8) is 0 Å². The van der Waals surface area contributed by atoms with Crippen LogP contribution in [0.5, 0.6) is 0 Å². The second kappa shape index (κ2) is 8.58. The van der Waals surface area contributed by atoms with Crippen LogP contribution in [-0.4, -0.2) is 38.0 Å². The predicted octanol–water partition coefficient (Wildman–Crippen LogP) is 1.76. The Morgan fingerprint density at radius 3 is 2.36 bits per heavy atom. The molecule has 2 rings (SSSR count). The third-order valence-corrected chi connectivity index (χ3v) is 3.39. The first-order chi connectivity index (χ1) is 12.0. The molecule has 130 valence electrons. The van der Waals surface area contributed by atoms with Gasteiger partial charge >= 0.3 is 5.97 Å². The Kier molecular flexibility index (Phi) is 6.22. The molecule has 2 amide bonds. The summed E-state index contributed by atoms with van der Waals surface area (Å²) in [5.74, 6) is -2.63. The van der Waals surface area contributed by atoms with E-state index in [0.717, 1.165) is 6.07 Å². The van der Waals surface area contributed by atoms with Crippen LogP contribution in [0.15, 0.2) is 54.6 Å². The number of esters is 1. The van der Waals surface area contributed by atoms with E-state index in [9.17, 15) is 18.8 Å². The van der Waals surface area contributed by atoms with E-state index in [1.54, 1.807) is 31.3 Å². The predicted molar refractivity (Wildman–Crippen MR) is 89.5 cm³/mol. The van der Waals surface area contributed by atoms with Gasteiger partial charge in [0, 0.05) is 12.7 Å². The summed E-state index contributed by atoms with van der Waals surface area (Å²) in [6.45, 7) is -0.921. The van der Waals surface area contributed by atoms with Gasteiger partial charge in [0.25, 0.3) is 11.8 Å². The van der Waals surface area contributed by atoms with Crippen LogP contribution in [0.3, 0.4) is 0 Å². The Balaban J connectivity index is 1.78. The van der Waals surface area contributed by atoms with E-state index < -0.39 is 36.8 Å². The standard InChI is InChI=1S/C18H17FN2O4/c1-21(13-7-3-2-4-8-13)16(22)12-25-17(23)11-20-18(24)14-9-5-6-10-15(14)19/h2-10H,11-12H2,1H3,(H,20,24). The molecule has 0 saturated carbocycles. The van der Waals surface area contributed by atoms with Crippen molar-refractivity contribution in [3.8, 4) is 0 Å². The third-order valence-electron chi connectivity index (χ3n) is 3.39. The van der Waals surface area contributed by atoms with Gasteiger partial charge in [-0.05, 0) is 24.3 Å². The number of carbonyl (C=O) groups is 3. The van der Waals surface area contributed by atoms with Crippen molar-refractivity contribution in [1.82, 2.24) is 5.32 Å². The molecule has 0 aliphatic heterocycles. The molecule has 0 spiro atoms. The van der Waals surface area contributed by atoms with E-state index in [1.807, 2.05) is 6.07 Å². The average molecular weight is 344 g/mol. The van der Waals surface area contributed by atoms with Gasteiger partial charge in [-0.2, -0.15) is 0 Å². The molecule has 0 unspecified atom stereocenters. The Hall–Kier alpha value is -3.22. The normalized spacial score (nSPS) is 10.0. The van der Waals surface area contributed by atoms with Crippen molar-refractivity contribution in [1.29, 1.82) is 0 Å². The van der Waals surface area contributed by atoms with E-state index in [-0.39, 0.29) is 5.56 Å². The summed E-state index contributed by atoms with van der Waals surface area (Å²) in [7, 11) is 1.56. The van der Waals surface area contributed by atoms with Crippen LogP contribution < -0.4 is 10.2 Å². The molecule has 2 aromatic carbocycles. The summed E-state index contributed by atoms with van der Waals surface area (Å²) in [6.07, 6.45) is 0. The second-order valence-electron chi connectivity index (χ2n) is 5.11. The fraction of sp³-hybridized carbons (Fsp3) is 0.167. The SMILES string of the molecule is CN(C(=O)COC(=O)CNC(=O)c1ccccc1F)c1ccccc1. The van der Waals surface area contributed by atoms with Crippen molar-refractivity contribution >= 4 is 23.5 Å². The topological polar surface area (TPSA) is 75.7 Å². The molecule has 25 heavy (non-hydrogen) atoms. The van der Waals surface area contributed by atoms with Crippen LogP contribution in [0.1, 0.15) is 10.4 Å². The third kappa shape index (κ3) is 5.13. The number of hydrogen-bond acceptors (Lipinski definition) is 4. The Labute approximate surface area is 144 Å². The molecular weight excluding hydrogens is 327 g/mol. The van der Waals surface area contributed by atoms with E-state index in [0.29, 0.717) is 5.69 Å². The van der Waals surface area contributed by atoms with Gasteiger partial charge in [0.1, 0.15) is 12.4 Å². The molecule has 0 bridgehead atoms. The lowest BCUT2D eigenvalue weighted by Gasteiger charge is -2.17. The van der Waals surface area contributed by atoms with Crippen molar-refractivity contribution in [3.05, 3.63) is 66.0 Å².